The van der Waals surface area contributed by atoms with Gasteiger partial charge in [-0.3, -0.25) is 4.79 Å². The van der Waals surface area contributed by atoms with Gasteiger partial charge in [-0.25, -0.2) is 4.98 Å². The Morgan fingerprint density at radius 1 is 1.21 bits per heavy atom. The minimum atomic E-state index is -0.0176. The molecule has 0 fully saturated rings. The molecule has 0 atom stereocenters. The highest BCUT2D eigenvalue weighted by Gasteiger charge is 2.14. The van der Waals surface area contributed by atoms with Gasteiger partial charge in [0.05, 0.1) is 18.1 Å². The highest BCUT2D eigenvalue weighted by Crippen LogP contribution is 2.18. The van der Waals surface area contributed by atoms with Crippen molar-refractivity contribution in [3.8, 4) is 5.75 Å². The zero-order valence-corrected chi connectivity index (χ0v) is 14.4. The van der Waals surface area contributed by atoms with Crippen LogP contribution in [0.1, 0.15) is 21.7 Å². The van der Waals surface area contributed by atoms with Crippen molar-refractivity contribution in [3.63, 3.8) is 0 Å². The van der Waals surface area contributed by atoms with Crippen molar-refractivity contribution in [2.45, 2.75) is 13.5 Å². The summed E-state index contributed by atoms with van der Waals surface area (Å²) in [4.78, 5) is 18.9. The van der Waals surface area contributed by atoms with Crippen LogP contribution in [0.15, 0.2) is 42.5 Å². The first-order valence-corrected chi connectivity index (χ1v) is 7.81. The first-order chi connectivity index (χ1) is 11.5. The zero-order valence-electron chi connectivity index (χ0n) is 14.4. The molecule has 1 aromatic heterocycles. The maximum atomic E-state index is 12.7. The number of hydrogen-bond donors (Lipinski definition) is 0. The van der Waals surface area contributed by atoms with E-state index in [0.717, 1.165) is 28.2 Å². The highest BCUT2D eigenvalue weighted by atomic mass is 16.5. The molecule has 2 aromatic carbocycles. The molecule has 0 aliphatic rings. The summed E-state index contributed by atoms with van der Waals surface area (Å²) in [7, 11) is 5.42. The summed E-state index contributed by atoms with van der Waals surface area (Å²) in [6.45, 7) is 2.50. The van der Waals surface area contributed by atoms with Crippen LogP contribution in [-0.4, -0.2) is 34.5 Å². The predicted molar refractivity (Wildman–Crippen MR) is 94.2 cm³/mol. The van der Waals surface area contributed by atoms with E-state index in [1.165, 1.54) is 0 Å². The third-order valence-corrected chi connectivity index (χ3v) is 4.28. The van der Waals surface area contributed by atoms with Crippen molar-refractivity contribution < 1.29 is 9.53 Å². The fourth-order valence-corrected chi connectivity index (χ4v) is 2.75. The fourth-order valence-electron chi connectivity index (χ4n) is 2.75. The lowest BCUT2D eigenvalue weighted by molar-refractivity contribution is 0.0785. The Hall–Kier alpha value is -2.82. The number of carbonyl (C=O) groups is 1. The van der Waals surface area contributed by atoms with Gasteiger partial charge >= 0.3 is 0 Å². The van der Waals surface area contributed by atoms with Gasteiger partial charge in [-0.15, -0.1) is 0 Å². The number of benzene rings is 2. The number of aromatic nitrogens is 2. The van der Waals surface area contributed by atoms with Crippen LogP contribution in [0.2, 0.25) is 0 Å². The first-order valence-electron chi connectivity index (χ1n) is 7.81. The van der Waals surface area contributed by atoms with Gasteiger partial charge in [-0.2, -0.15) is 0 Å². The average Bonchev–Trinajstić information content (AvgIpc) is 2.88. The van der Waals surface area contributed by atoms with Crippen LogP contribution in [0, 0.1) is 6.92 Å². The van der Waals surface area contributed by atoms with Crippen LogP contribution in [0.3, 0.4) is 0 Å². The predicted octanol–water partition coefficient (Wildman–Crippen LogP) is 3.16. The minimum Gasteiger partial charge on any atom is -0.497 e. The molecule has 0 saturated carbocycles. The van der Waals surface area contributed by atoms with Gasteiger partial charge < -0.3 is 14.2 Å². The van der Waals surface area contributed by atoms with Crippen molar-refractivity contribution in [1.29, 1.82) is 0 Å². The molecule has 1 heterocycles. The Morgan fingerprint density at radius 3 is 2.58 bits per heavy atom. The highest BCUT2D eigenvalue weighted by molar-refractivity contribution is 5.97. The number of aryl methyl sites for hydroxylation is 2. The molecular weight excluding hydrogens is 302 g/mol. The Bertz CT molecular complexity index is 882. The molecule has 5 heteroatoms. The number of fused-ring (bicyclic) bond motifs is 1. The van der Waals surface area contributed by atoms with Gasteiger partial charge in [0, 0.05) is 26.2 Å². The smallest absolute Gasteiger partial charge is 0.253 e. The quantitative estimate of drug-likeness (QED) is 0.741. The maximum Gasteiger partial charge on any atom is 0.253 e. The molecule has 0 aliphatic heterocycles. The Morgan fingerprint density at radius 2 is 1.92 bits per heavy atom. The second kappa shape index (κ2) is 6.35. The Balaban J connectivity index is 1.79. The second-order valence-corrected chi connectivity index (χ2v) is 5.93. The Labute approximate surface area is 141 Å². The van der Waals surface area contributed by atoms with Gasteiger partial charge in [0.1, 0.15) is 11.6 Å². The van der Waals surface area contributed by atoms with Crippen molar-refractivity contribution >= 4 is 16.9 Å². The van der Waals surface area contributed by atoms with Crippen LogP contribution in [0.25, 0.3) is 11.0 Å². The first kappa shape index (κ1) is 16.1. The lowest BCUT2D eigenvalue weighted by Crippen LogP contribution is -2.26. The van der Waals surface area contributed by atoms with E-state index in [2.05, 4.69) is 4.98 Å². The van der Waals surface area contributed by atoms with Crippen LogP contribution in [0.4, 0.5) is 0 Å². The third kappa shape index (κ3) is 2.97. The molecule has 0 bridgehead atoms. The molecule has 0 saturated heterocycles. The molecule has 0 unspecified atom stereocenters. The molecule has 24 heavy (non-hydrogen) atoms. The summed E-state index contributed by atoms with van der Waals surface area (Å²) in [6, 6.07) is 13.4. The summed E-state index contributed by atoms with van der Waals surface area (Å²) in [6.07, 6.45) is 0. The number of imidazole rings is 1. The van der Waals surface area contributed by atoms with Gasteiger partial charge in [-0.1, -0.05) is 12.1 Å². The summed E-state index contributed by atoms with van der Waals surface area (Å²) in [5.74, 6) is 1.72. The van der Waals surface area contributed by atoms with E-state index in [9.17, 15) is 4.79 Å². The molecule has 5 nitrogen and oxygen atoms in total. The molecular formula is C19H21N3O2. The number of carbonyl (C=O) groups excluding carboxylic acids is 1. The van der Waals surface area contributed by atoms with E-state index in [-0.39, 0.29) is 5.91 Å². The summed E-state index contributed by atoms with van der Waals surface area (Å²) >= 11 is 0. The monoisotopic (exact) mass is 323 g/mol. The molecule has 0 spiro atoms. The van der Waals surface area contributed by atoms with E-state index in [1.807, 2.05) is 61.0 Å². The maximum absolute atomic E-state index is 12.7. The molecule has 0 N–H and O–H groups in total. The topological polar surface area (TPSA) is 47.4 Å². The minimum absolute atomic E-state index is 0.0176. The van der Waals surface area contributed by atoms with Gasteiger partial charge in [-0.05, 0) is 42.8 Å². The van der Waals surface area contributed by atoms with Gasteiger partial charge in [0.15, 0.2) is 0 Å². The normalized spacial score (nSPS) is 10.8. The van der Waals surface area contributed by atoms with E-state index < -0.39 is 0 Å². The van der Waals surface area contributed by atoms with Crippen molar-refractivity contribution in [3.05, 3.63) is 59.4 Å². The Kier molecular flexibility index (Phi) is 4.25. The summed E-state index contributed by atoms with van der Waals surface area (Å²) < 4.78 is 7.17. The molecule has 124 valence electrons. The van der Waals surface area contributed by atoms with Crippen molar-refractivity contribution in [2.75, 3.05) is 14.2 Å². The van der Waals surface area contributed by atoms with Crippen LogP contribution in [0.5, 0.6) is 5.75 Å². The number of nitrogens with zero attached hydrogens (tertiary/aromatic N) is 3. The molecule has 1 amide bonds. The number of hydrogen-bond acceptors (Lipinski definition) is 3. The summed E-state index contributed by atoms with van der Waals surface area (Å²) in [5.41, 5.74) is 3.58. The lowest BCUT2D eigenvalue weighted by Gasteiger charge is -2.17. The molecule has 0 radical (unpaired) electrons. The SMILES string of the molecule is COc1ccc(CN(C)C(=O)c2ccc3c(c2)nc(C)n3C)cc1. The standard InChI is InChI=1S/C19H21N3O2/c1-13-20-17-11-15(7-10-18(17)22(13)3)19(23)21(2)12-14-5-8-16(24-4)9-6-14/h5-11H,12H2,1-4H3. The van der Waals surface area contributed by atoms with E-state index in [0.29, 0.717) is 12.1 Å². The van der Waals surface area contributed by atoms with Crippen LogP contribution >= 0.6 is 0 Å². The lowest BCUT2D eigenvalue weighted by atomic mass is 10.1. The van der Waals surface area contributed by atoms with Crippen molar-refractivity contribution in [2.24, 2.45) is 7.05 Å². The molecule has 0 aliphatic carbocycles. The number of rotatable bonds is 4. The third-order valence-electron chi connectivity index (χ3n) is 4.28. The second-order valence-electron chi connectivity index (χ2n) is 5.93. The summed E-state index contributed by atoms with van der Waals surface area (Å²) in [5, 5.41) is 0. The van der Waals surface area contributed by atoms with E-state index >= 15 is 0 Å². The number of amides is 1. The van der Waals surface area contributed by atoms with E-state index in [1.54, 1.807) is 19.1 Å². The van der Waals surface area contributed by atoms with Crippen LogP contribution < -0.4 is 4.74 Å². The fraction of sp³-hybridized carbons (Fsp3) is 0.263. The van der Waals surface area contributed by atoms with Crippen molar-refractivity contribution in [1.82, 2.24) is 14.5 Å². The molecule has 3 rings (SSSR count). The van der Waals surface area contributed by atoms with Crippen LogP contribution in [-0.2, 0) is 13.6 Å². The number of methoxy groups -OCH3 is 1. The largest absolute Gasteiger partial charge is 0.497 e. The number of ether oxygens (including phenoxy) is 1. The average molecular weight is 323 g/mol. The van der Waals surface area contributed by atoms with Gasteiger partial charge in [0.2, 0.25) is 0 Å². The van der Waals surface area contributed by atoms with Gasteiger partial charge in [0.25, 0.3) is 5.91 Å². The van der Waals surface area contributed by atoms with E-state index in [4.69, 9.17) is 4.74 Å². The molecule has 3 aromatic rings. The zero-order chi connectivity index (χ0) is 17.3.